The van der Waals surface area contributed by atoms with Crippen molar-refractivity contribution in [3.63, 3.8) is 0 Å². The van der Waals surface area contributed by atoms with E-state index >= 15 is 0 Å². The molecule has 0 aliphatic heterocycles. The summed E-state index contributed by atoms with van der Waals surface area (Å²) < 4.78 is 6.08. The van der Waals surface area contributed by atoms with Gasteiger partial charge in [-0.2, -0.15) is 0 Å². The van der Waals surface area contributed by atoms with Gasteiger partial charge in [-0.25, -0.2) is 0 Å². The van der Waals surface area contributed by atoms with Gasteiger partial charge in [-0.15, -0.1) is 0 Å². The molecule has 0 atom stereocenters. The summed E-state index contributed by atoms with van der Waals surface area (Å²) >= 11 is 0. The lowest BCUT2D eigenvalue weighted by atomic mass is 10.2. The molecule has 100 valence electrons. The van der Waals surface area contributed by atoms with Gasteiger partial charge in [0.1, 0.15) is 5.75 Å². The van der Waals surface area contributed by atoms with Crippen LogP contribution < -0.4 is 4.74 Å². The highest BCUT2D eigenvalue weighted by atomic mass is 16.5. The minimum Gasteiger partial charge on any atom is -0.496 e. The van der Waals surface area contributed by atoms with Crippen LogP contribution in [0.5, 0.6) is 5.75 Å². The summed E-state index contributed by atoms with van der Waals surface area (Å²) in [5.41, 5.74) is 0.852. The Morgan fingerprint density at radius 2 is 1.59 bits per heavy atom. The van der Waals surface area contributed by atoms with E-state index in [2.05, 4.69) is 0 Å². The standard InChI is InChI=1S/C9H12NO2.2C2H6.CH4/c1-10(11)7-8-5-3-4-6-9(8)12-2;2*1-2;/h3-7,11H,1-2H3;2*1-2H3;1H4/q+1;;;/b10-7+;;;. The van der Waals surface area contributed by atoms with Crippen molar-refractivity contribution in [1.82, 2.24) is 0 Å². The number of nitrogens with zero attached hydrogens (tertiary/aromatic N) is 1. The summed E-state index contributed by atoms with van der Waals surface area (Å²) in [6.45, 7) is 8.00. The number of rotatable bonds is 2. The first-order valence-corrected chi connectivity index (χ1v) is 5.63. The van der Waals surface area contributed by atoms with Crippen LogP contribution in [0.1, 0.15) is 40.7 Å². The predicted octanol–water partition coefficient (Wildman–Crippen LogP) is 3.83. The number of hydrogen-bond donors (Lipinski definition) is 1. The maximum atomic E-state index is 8.95. The number of hydrogen-bond acceptors (Lipinski definition) is 2. The van der Waals surface area contributed by atoms with Gasteiger partial charge < -0.3 is 4.74 Å². The zero-order chi connectivity index (χ0) is 13.0. The van der Waals surface area contributed by atoms with Crippen LogP contribution in [-0.2, 0) is 0 Å². The third-order valence-corrected chi connectivity index (χ3v) is 1.46. The molecular formula is C14H28NO2+. The highest BCUT2D eigenvalue weighted by molar-refractivity contribution is 5.79. The molecule has 0 radical (unpaired) electrons. The van der Waals surface area contributed by atoms with Crippen molar-refractivity contribution in [1.29, 1.82) is 0 Å². The average molecular weight is 242 g/mol. The summed E-state index contributed by atoms with van der Waals surface area (Å²) in [5.74, 6) is 0.749. The molecule has 1 rings (SSSR count). The van der Waals surface area contributed by atoms with Gasteiger partial charge in [0, 0.05) is 0 Å². The zero-order valence-electron chi connectivity index (χ0n) is 11.2. The molecule has 0 amide bonds. The van der Waals surface area contributed by atoms with Crippen LogP contribution in [0, 0.1) is 0 Å². The number of hydroxylamine groups is 1. The van der Waals surface area contributed by atoms with Crippen molar-refractivity contribution in [2.24, 2.45) is 0 Å². The molecule has 0 saturated carbocycles. The Morgan fingerprint density at radius 3 is 2.00 bits per heavy atom. The first kappa shape index (κ1) is 20.8. The van der Waals surface area contributed by atoms with Crippen molar-refractivity contribution < 1.29 is 14.7 Å². The van der Waals surface area contributed by atoms with Crippen LogP contribution in [0.15, 0.2) is 24.3 Å². The van der Waals surface area contributed by atoms with Gasteiger partial charge in [0.15, 0.2) is 7.05 Å². The van der Waals surface area contributed by atoms with E-state index in [1.165, 1.54) is 0 Å². The summed E-state index contributed by atoms with van der Waals surface area (Å²) in [7, 11) is 3.15. The number of para-hydroxylation sites is 1. The minimum absolute atomic E-state index is 0. The molecule has 3 heteroatoms. The maximum absolute atomic E-state index is 8.95. The quantitative estimate of drug-likeness (QED) is 0.370. The van der Waals surface area contributed by atoms with Crippen molar-refractivity contribution in [3.8, 4) is 5.75 Å². The lowest BCUT2D eigenvalue weighted by molar-refractivity contribution is -0.751. The van der Waals surface area contributed by atoms with E-state index in [4.69, 9.17) is 9.94 Å². The third-order valence-electron chi connectivity index (χ3n) is 1.46. The van der Waals surface area contributed by atoms with Gasteiger partial charge in [0.25, 0.3) is 0 Å². The van der Waals surface area contributed by atoms with Gasteiger partial charge in [-0.05, 0) is 16.9 Å². The van der Waals surface area contributed by atoms with Gasteiger partial charge in [0.2, 0.25) is 6.21 Å². The second-order valence-corrected chi connectivity index (χ2v) is 2.44. The largest absolute Gasteiger partial charge is 0.496 e. The molecule has 1 N–H and O–H groups in total. The Morgan fingerprint density at radius 1 is 1.12 bits per heavy atom. The summed E-state index contributed by atoms with van der Waals surface area (Å²) in [5, 5.41) is 8.95. The van der Waals surface area contributed by atoms with Crippen molar-refractivity contribution in [2.45, 2.75) is 35.1 Å². The molecule has 1 aromatic carbocycles. The fourth-order valence-corrected chi connectivity index (χ4v) is 0.974. The average Bonchev–Trinajstić information content (AvgIpc) is 2.34. The van der Waals surface area contributed by atoms with Crippen LogP contribution in [0.4, 0.5) is 0 Å². The van der Waals surface area contributed by atoms with Crippen LogP contribution >= 0.6 is 0 Å². The van der Waals surface area contributed by atoms with E-state index < -0.39 is 0 Å². The van der Waals surface area contributed by atoms with Crippen LogP contribution in [-0.4, -0.2) is 30.3 Å². The SMILES string of the molecule is C.CC.CC.COc1ccccc1/C=[N+](\C)O. The van der Waals surface area contributed by atoms with E-state index in [1.807, 2.05) is 52.0 Å². The molecule has 0 aromatic heterocycles. The first-order valence-electron chi connectivity index (χ1n) is 5.63. The second-order valence-electron chi connectivity index (χ2n) is 2.44. The molecular weight excluding hydrogens is 214 g/mol. The molecule has 0 aliphatic rings. The molecule has 0 bridgehead atoms. The fraction of sp³-hybridized carbons (Fsp3) is 0.500. The Balaban J connectivity index is -0.000000355. The van der Waals surface area contributed by atoms with Crippen molar-refractivity contribution in [3.05, 3.63) is 29.8 Å². The monoisotopic (exact) mass is 242 g/mol. The van der Waals surface area contributed by atoms with Gasteiger partial charge >= 0.3 is 0 Å². The lowest BCUT2D eigenvalue weighted by Crippen LogP contribution is -2.02. The van der Waals surface area contributed by atoms with E-state index in [0.29, 0.717) is 0 Å². The molecule has 0 fully saturated rings. The minimum atomic E-state index is 0. The molecule has 3 nitrogen and oxygen atoms in total. The number of benzene rings is 1. The van der Waals surface area contributed by atoms with Crippen molar-refractivity contribution >= 4 is 6.21 Å². The Labute approximate surface area is 106 Å². The number of ether oxygens (including phenoxy) is 1. The molecule has 1 aromatic rings. The number of methoxy groups -OCH3 is 1. The molecule has 0 saturated heterocycles. The Bertz CT molecular complexity index is 292. The van der Waals surface area contributed by atoms with Crippen LogP contribution in [0.3, 0.4) is 0 Å². The second kappa shape index (κ2) is 14.5. The molecule has 0 unspecified atom stereocenters. The fourth-order valence-electron chi connectivity index (χ4n) is 0.974. The summed E-state index contributed by atoms with van der Waals surface area (Å²) in [6, 6.07) is 7.48. The highest BCUT2D eigenvalue weighted by Crippen LogP contribution is 2.14. The van der Waals surface area contributed by atoms with E-state index in [0.717, 1.165) is 16.1 Å². The summed E-state index contributed by atoms with van der Waals surface area (Å²) in [6.07, 6.45) is 1.58. The van der Waals surface area contributed by atoms with Gasteiger partial charge in [0.05, 0.1) is 12.7 Å². The lowest BCUT2D eigenvalue weighted by Gasteiger charge is -2.00. The molecule has 17 heavy (non-hydrogen) atoms. The Kier molecular flexibility index (Phi) is 17.8. The van der Waals surface area contributed by atoms with Gasteiger partial charge in [-0.3, -0.25) is 5.21 Å². The maximum Gasteiger partial charge on any atom is 0.226 e. The summed E-state index contributed by atoms with van der Waals surface area (Å²) in [4.78, 5) is 0. The van der Waals surface area contributed by atoms with Crippen molar-refractivity contribution in [2.75, 3.05) is 14.2 Å². The van der Waals surface area contributed by atoms with Crippen LogP contribution in [0.25, 0.3) is 0 Å². The van der Waals surface area contributed by atoms with E-state index in [-0.39, 0.29) is 7.43 Å². The predicted molar refractivity (Wildman–Crippen MR) is 75.6 cm³/mol. The zero-order valence-corrected chi connectivity index (χ0v) is 11.2. The van der Waals surface area contributed by atoms with Gasteiger partial charge in [-0.1, -0.05) is 47.3 Å². The third kappa shape index (κ3) is 9.42. The van der Waals surface area contributed by atoms with E-state index in [9.17, 15) is 0 Å². The molecule has 0 spiro atoms. The molecule has 0 heterocycles. The molecule has 0 aliphatic carbocycles. The topological polar surface area (TPSA) is 32.5 Å². The Hall–Kier alpha value is -1.51. The normalized spacial score (nSPS) is 8.71. The smallest absolute Gasteiger partial charge is 0.226 e. The first-order chi connectivity index (χ1) is 7.74. The van der Waals surface area contributed by atoms with Crippen LogP contribution in [0.2, 0.25) is 0 Å². The van der Waals surface area contributed by atoms with E-state index in [1.54, 1.807) is 20.4 Å². The highest BCUT2D eigenvalue weighted by Gasteiger charge is 2.01.